The molecule has 9 nitrogen and oxygen atoms in total. The van der Waals surface area contributed by atoms with Crippen molar-refractivity contribution < 1.29 is 12.9 Å². The summed E-state index contributed by atoms with van der Waals surface area (Å²) in [7, 11) is -3.39. The lowest BCUT2D eigenvalue weighted by Gasteiger charge is -2.36. The number of sulfonamides is 1. The van der Waals surface area contributed by atoms with Gasteiger partial charge in [0, 0.05) is 45.3 Å². The van der Waals surface area contributed by atoms with Crippen molar-refractivity contribution in [2.45, 2.75) is 32.4 Å². The number of aliphatic imine (C=N–C) groups is 1. The second kappa shape index (κ2) is 12.2. The van der Waals surface area contributed by atoms with Crippen molar-refractivity contribution in [1.82, 2.24) is 24.6 Å². The quantitative estimate of drug-likeness (QED) is 0.310. The standard InChI is InChI=1S/C19H34N6O3S.HI/c1-3-20-19(21-7-10-23-8-4-17(2)5-9-23)24-11-13-25(14-12-24)29(26,27)16-18-6-15-28-22-18;/h6,15,17H,3-5,7-14,16H2,1-2H3,(H,20,21);1H. The van der Waals surface area contributed by atoms with Crippen LogP contribution in [-0.2, 0) is 15.8 Å². The number of hydrogen-bond acceptors (Lipinski definition) is 6. The van der Waals surface area contributed by atoms with Crippen LogP contribution in [0.25, 0.3) is 0 Å². The number of guanidine groups is 1. The topological polar surface area (TPSA) is 94.3 Å². The Balaban J connectivity index is 0.00000320. The van der Waals surface area contributed by atoms with E-state index in [0.717, 1.165) is 44.6 Å². The van der Waals surface area contributed by atoms with E-state index < -0.39 is 10.0 Å². The van der Waals surface area contributed by atoms with Crippen molar-refractivity contribution in [2.75, 3.05) is 58.9 Å². The first kappa shape index (κ1) is 25.3. The molecule has 2 saturated heterocycles. The fourth-order valence-corrected chi connectivity index (χ4v) is 5.20. The van der Waals surface area contributed by atoms with Gasteiger partial charge < -0.3 is 19.6 Å². The highest BCUT2D eigenvalue weighted by Crippen LogP contribution is 2.16. The number of hydrogen-bond donors (Lipinski definition) is 1. The summed E-state index contributed by atoms with van der Waals surface area (Å²) in [5.41, 5.74) is 0.439. The van der Waals surface area contributed by atoms with Gasteiger partial charge in [-0.05, 0) is 38.8 Å². The molecular formula is C19H35IN6O3S. The van der Waals surface area contributed by atoms with Crippen LogP contribution in [0.15, 0.2) is 21.8 Å². The molecule has 0 spiro atoms. The Hall–Kier alpha value is -0.920. The molecule has 172 valence electrons. The van der Waals surface area contributed by atoms with E-state index in [0.29, 0.717) is 31.9 Å². The average Bonchev–Trinajstić information content (AvgIpc) is 3.21. The number of rotatable bonds is 7. The fraction of sp³-hybridized carbons (Fsp3) is 0.789. The van der Waals surface area contributed by atoms with Gasteiger partial charge in [-0.3, -0.25) is 4.99 Å². The van der Waals surface area contributed by atoms with Crippen LogP contribution in [0.3, 0.4) is 0 Å². The number of nitrogens with one attached hydrogen (secondary N) is 1. The van der Waals surface area contributed by atoms with Gasteiger partial charge in [0.05, 0.1) is 12.2 Å². The van der Waals surface area contributed by atoms with Crippen molar-refractivity contribution >= 4 is 40.0 Å². The van der Waals surface area contributed by atoms with Gasteiger partial charge in [0.15, 0.2) is 5.96 Å². The predicted molar refractivity (Wildman–Crippen MR) is 129 cm³/mol. The molecule has 11 heteroatoms. The fourth-order valence-electron chi connectivity index (χ4n) is 3.78. The molecule has 0 saturated carbocycles. The summed E-state index contributed by atoms with van der Waals surface area (Å²) in [5.74, 6) is 1.60. The molecule has 2 aliphatic heterocycles. The number of piperazine rings is 1. The summed E-state index contributed by atoms with van der Waals surface area (Å²) in [6.45, 7) is 11.4. The average molecular weight is 554 g/mol. The van der Waals surface area contributed by atoms with E-state index in [9.17, 15) is 8.42 Å². The smallest absolute Gasteiger partial charge is 0.220 e. The maximum absolute atomic E-state index is 12.6. The predicted octanol–water partition coefficient (Wildman–Crippen LogP) is 1.44. The first-order valence-corrected chi connectivity index (χ1v) is 12.2. The first-order chi connectivity index (χ1) is 14.0. The van der Waals surface area contributed by atoms with E-state index in [-0.39, 0.29) is 29.7 Å². The monoisotopic (exact) mass is 554 g/mol. The maximum atomic E-state index is 12.6. The van der Waals surface area contributed by atoms with Gasteiger partial charge in [-0.1, -0.05) is 12.1 Å². The van der Waals surface area contributed by atoms with E-state index in [1.54, 1.807) is 6.07 Å². The zero-order valence-electron chi connectivity index (χ0n) is 18.0. The summed E-state index contributed by atoms with van der Waals surface area (Å²) in [6, 6.07) is 1.59. The minimum atomic E-state index is -3.39. The van der Waals surface area contributed by atoms with Crippen molar-refractivity contribution in [3.63, 3.8) is 0 Å². The third-order valence-electron chi connectivity index (χ3n) is 5.64. The summed E-state index contributed by atoms with van der Waals surface area (Å²) in [5, 5.41) is 7.07. The molecule has 3 rings (SSSR count). The maximum Gasteiger partial charge on any atom is 0.220 e. The van der Waals surface area contributed by atoms with Gasteiger partial charge in [-0.2, -0.15) is 4.31 Å². The lowest BCUT2D eigenvalue weighted by molar-refractivity contribution is 0.197. The second-order valence-electron chi connectivity index (χ2n) is 7.89. The Kier molecular flexibility index (Phi) is 10.3. The summed E-state index contributed by atoms with van der Waals surface area (Å²) in [4.78, 5) is 9.44. The largest absolute Gasteiger partial charge is 0.364 e. The Morgan fingerprint density at radius 1 is 1.23 bits per heavy atom. The number of nitrogens with zero attached hydrogens (tertiary/aromatic N) is 5. The highest BCUT2D eigenvalue weighted by Gasteiger charge is 2.29. The molecule has 0 radical (unpaired) electrons. The molecule has 1 aromatic rings. The van der Waals surface area contributed by atoms with E-state index in [1.807, 2.05) is 0 Å². The van der Waals surface area contributed by atoms with Crippen LogP contribution < -0.4 is 5.32 Å². The zero-order chi connectivity index (χ0) is 20.7. The zero-order valence-corrected chi connectivity index (χ0v) is 21.1. The molecule has 0 aliphatic carbocycles. The molecule has 0 bridgehead atoms. The number of likely N-dealkylation sites (tertiary alicyclic amines) is 1. The lowest BCUT2D eigenvalue weighted by atomic mass is 9.99. The highest BCUT2D eigenvalue weighted by molar-refractivity contribution is 14.0. The number of halogens is 1. The third kappa shape index (κ3) is 7.34. The third-order valence-corrected chi connectivity index (χ3v) is 7.45. The van der Waals surface area contributed by atoms with E-state index in [1.165, 1.54) is 23.4 Å². The Morgan fingerprint density at radius 2 is 1.93 bits per heavy atom. The van der Waals surface area contributed by atoms with Gasteiger partial charge in [0.2, 0.25) is 10.0 Å². The van der Waals surface area contributed by atoms with Crippen LogP contribution in [0.4, 0.5) is 0 Å². The molecule has 1 N–H and O–H groups in total. The number of piperidine rings is 1. The Labute approximate surface area is 197 Å². The summed E-state index contributed by atoms with van der Waals surface area (Å²) < 4.78 is 31.5. The molecule has 0 amide bonds. The van der Waals surface area contributed by atoms with Gasteiger partial charge >= 0.3 is 0 Å². The minimum Gasteiger partial charge on any atom is -0.364 e. The van der Waals surface area contributed by atoms with Crippen molar-refractivity contribution in [2.24, 2.45) is 10.9 Å². The lowest BCUT2D eigenvalue weighted by Crippen LogP contribution is -2.54. The van der Waals surface area contributed by atoms with Crippen LogP contribution in [0, 0.1) is 5.92 Å². The van der Waals surface area contributed by atoms with Gasteiger partial charge in [0.1, 0.15) is 12.0 Å². The molecule has 30 heavy (non-hydrogen) atoms. The normalized spacial score (nSPS) is 20.2. The van der Waals surface area contributed by atoms with Crippen LogP contribution in [0.1, 0.15) is 32.4 Å². The second-order valence-corrected chi connectivity index (χ2v) is 9.86. The van der Waals surface area contributed by atoms with Crippen molar-refractivity contribution in [3.05, 3.63) is 18.0 Å². The number of aromatic nitrogens is 1. The Bertz CT molecular complexity index is 742. The molecule has 1 aromatic heterocycles. The molecule has 0 unspecified atom stereocenters. The van der Waals surface area contributed by atoms with Crippen molar-refractivity contribution in [3.8, 4) is 0 Å². The van der Waals surface area contributed by atoms with Crippen LogP contribution in [-0.4, -0.2) is 92.5 Å². The first-order valence-electron chi connectivity index (χ1n) is 10.6. The van der Waals surface area contributed by atoms with Crippen molar-refractivity contribution in [1.29, 1.82) is 0 Å². The SMILES string of the molecule is CCNC(=NCCN1CCC(C)CC1)N1CCN(S(=O)(=O)Cc2ccon2)CC1.I. The van der Waals surface area contributed by atoms with E-state index >= 15 is 0 Å². The molecule has 0 atom stereocenters. The van der Waals surface area contributed by atoms with E-state index in [4.69, 9.17) is 9.52 Å². The van der Waals surface area contributed by atoms with Gasteiger partial charge in [0.25, 0.3) is 0 Å². The van der Waals surface area contributed by atoms with Crippen LogP contribution in [0.5, 0.6) is 0 Å². The molecule has 0 aromatic carbocycles. The summed E-state index contributed by atoms with van der Waals surface area (Å²) in [6.07, 6.45) is 3.94. The van der Waals surface area contributed by atoms with Crippen LogP contribution in [0.2, 0.25) is 0 Å². The van der Waals surface area contributed by atoms with E-state index in [2.05, 4.69) is 34.1 Å². The van der Waals surface area contributed by atoms with Gasteiger partial charge in [-0.15, -0.1) is 24.0 Å². The summed E-state index contributed by atoms with van der Waals surface area (Å²) >= 11 is 0. The molecule has 2 aliphatic rings. The molecule has 2 fully saturated rings. The van der Waals surface area contributed by atoms with Crippen LogP contribution >= 0.6 is 24.0 Å². The highest BCUT2D eigenvalue weighted by atomic mass is 127. The molecule has 3 heterocycles. The van der Waals surface area contributed by atoms with Gasteiger partial charge in [-0.25, -0.2) is 8.42 Å². The molecular weight excluding hydrogens is 519 g/mol. The Morgan fingerprint density at radius 3 is 2.53 bits per heavy atom. The minimum absolute atomic E-state index is 0.